The van der Waals surface area contributed by atoms with Crippen LogP contribution < -0.4 is 5.19 Å². The summed E-state index contributed by atoms with van der Waals surface area (Å²) in [4.78, 5) is 0. The van der Waals surface area contributed by atoms with Gasteiger partial charge >= 0.3 is 8.80 Å². The van der Waals surface area contributed by atoms with E-state index in [0.717, 1.165) is 5.19 Å². The second-order valence-electron chi connectivity index (χ2n) is 5.72. The smallest absolute Gasteiger partial charge is 0.367 e. The van der Waals surface area contributed by atoms with Crippen molar-refractivity contribution in [3.05, 3.63) is 30.3 Å². The minimum absolute atomic E-state index is 0.0236. The molecule has 0 atom stereocenters. The topological polar surface area (TPSA) is 27.7 Å². The summed E-state index contributed by atoms with van der Waals surface area (Å²) in [6.07, 6.45) is 0.0472. The highest BCUT2D eigenvalue weighted by Gasteiger charge is 2.49. The van der Waals surface area contributed by atoms with Crippen LogP contribution in [0.4, 0.5) is 0 Å². The molecule has 1 aromatic rings. The lowest BCUT2D eigenvalue weighted by Gasteiger charge is -2.37. The molecule has 0 aliphatic heterocycles. The number of alkyl halides is 1. The lowest BCUT2D eigenvalue weighted by Crippen LogP contribution is -2.61. The number of benzene rings is 1. The Bertz CT molecular complexity index is 391. The number of halogens is 1. The van der Waals surface area contributed by atoms with E-state index in [4.69, 9.17) is 13.3 Å². The first-order valence-corrected chi connectivity index (χ1v) is 9.46. The fraction of sp³-hybridized carbons (Fsp3) is 0.600. The van der Waals surface area contributed by atoms with E-state index < -0.39 is 13.3 Å². The Morgan fingerprint density at radius 2 is 1.40 bits per heavy atom. The maximum Gasteiger partial charge on any atom is 0.538 e. The molecular formula is C15H25BrO3Si. The summed E-state index contributed by atoms with van der Waals surface area (Å²) in [7, 11) is -2.98. The SMILES string of the molecule is CC(C)O[Si](OC(C)C)(OC(C)(C)Br)c1ccccc1. The van der Waals surface area contributed by atoms with E-state index in [-0.39, 0.29) is 12.2 Å². The van der Waals surface area contributed by atoms with E-state index in [1.54, 1.807) is 0 Å². The van der Waals surface area contributed by atoms with Crippen LogP contribution in [0.5, 0.6) is 0 Å². The van der Waals surface area contributed by atoms with Crippen molar-refractivity contribution in [2.75, 3.05) is 0 Å². The summed E-state index contributed by atoms with van der Waals surface area (Å²) in [5, 5.41) is 0.981. The third-order valence-corrected chi connectivity index (χ3v) is 6.13. The molecule has 0 amide bonds. The first kappa shape index (κ1) is 17.8. The zero-order chi connectivity index (χ0) is 15.4. The van der Waals surface area contributed by atoms with Crippen molar-refractivity contribution in [2.24, 2.45) is 0 Å². The van der Waals surface area contributed by atoms with Gasteiger partial charge in [0.05, 0.1) is 0 Å². The second kappa shape index (κ2) is 7.18. The quantitative estimate of drug-likeness (QED) is 0.546. The molecule has 0 saturated heterocycles. The van der Waals surface area contributed by atoms with Crippen LogP contribution in [0.1, 0.15) is 41.5 Å². The average molecular weight is 361 g/mol. The Kier molecular flexibility index (Phi) is 6.41. The highest BCUT2D eigenvalue weighted by atomic mass is 79.9. The summed E-state index contributed by atoms with van der Waals surface area (Å²) in [5.74, 6) is 0. The fourth-order valence-corrected chi connectivity index (χ4v) is 5.52. The van der Waals surface area contributed by atoms with Crippen LogP contribution in [0, 0.1) is 0 Å². The number of hydrogen-bond acceptors (Lipinski definition) is 3. The first-order valence-electron chi connectivity index (χ1n) is 6.95. The van der Waals surface area contributed by atoms with E-state index >= 15 is 0 Å². The van der Waals surface area contributed by atoms with Gasteiger partial charge < -0.3 is 13.3 Å². The molecule has 0 aliphatic rings. The Morgan fingerprint density at radius 1 is 0.950 bits per heavy atom. The molecule has 114 valence electrons. The summed E-state index contributed by atoms with van der Waals surface area (Å²) >= 11 is 3.54. The third kappa shape index (κ3) is 5.66. The van der Waals surface area contributed by atoms with Gasteiger partial charge in [0.2, 0.25) is 0 Å². The standard InChI is InChI=1S/C15H25BrO3Si/c1-12(2)17-20(18-13(3)4,19-15(5,6)16)14-10-8-7-9-11-14/h7-13H,1-6H3. The highest BCUT2D eigenvalue weighted by molar-refractivity contribution is 9.10. The number of rotatable bonds is 7. The molecule has 3 nitrogen and oxygen atoms in total. The largest absolute Gasteiger partial charge is 0.538 e. The second-order valence-corrected chi connectivity index (χ2v) is 10.00. The van der Waals surface area contributed by atoms with Crippen LogP contribution in [-0.4, -0.2) is 25.5 Å². The van der Waals surface area contributed by atoms with Crippen LogP contribution >= 0.6 is 15.9 Å². The summed E-state index contributed by atoms with van der Waals surface area (Å²) in [6, 6.07) is 9.96. The van der Waals surface area contributed by atoms with Crippen molar-refractivity contribution < 1.29 is 13.3 Å². The predicted octanol–water partition coefficient (Wildman–Crippen LogP) is 3.83. The van der Waals surface area contributed by atoms with Gasteiger partial charge in [-0.1, -0.05) is 46.3 Å². The lowest BCUT2D eigenvalue weighted by molar-refractivity contribution is 0.00782. The van der Waals surface area contributed by atoms with Gasteiger partial charge in [0.25, 0.3) is 0 Å². The number of hydrogen-bond donors (Lipinski definition) is 0. The summed E-state index contributed by atoms with van der Waals surface area (Å²) in [6.45, 7) is 11.9. The van der Waals surface area contributed by atoms with Crippen LogP contribution in [0.15, 0.2) is 30.3 Å². The maximum absolute atomic E-state index is 6.24. The lowest BCUT2D eigenvalue weighted by atomic mass is 10.4. The van der Waals surface area contributed by atoms with Crippen molar-refractivity contribution in [1.29, 1.82) is 0 Å². The van der Waals surface area contributed by atoms with Crippen molar-refractivity contribution in [1.82, 2.24) is 0 Å². The van der Waals surface area contributed by atoms with Gasteiger partial charge in [-0.05, 0) is 41.5 Å². The minimum atomic E-state index is -2.98. The molecule has 0 aromatic heterocycles. The Morgan fingerprint density at radius 3 is 1.75 bits per heavy atom. The van der Waals surface area contributed by atoms with Crippen molar-refractivity contribution in [3.8, 4) is 0 Å². The summed E-state index contributed by atoms with van der Waals surface area (Å²) in [5.41, 5.74) is 0. The van der Waals surface area contributed by atoms with E-state index in [0.29, 0.717) is 0 Å². The normalized spacial score (nSPS) is 13.2. The van der Waals surface area contributed by atoms with Gasteiger partial charge in [0.1, 0.15) is 4.51 Å². The predicted molar refractivity (Wildman–Crippen MR) is 88.4 cm³/mol. The molecule has 0 N–H and O–H groups in total. The molecule has 0 unspecified atom stereocenters. The van der Waals surface area contributed by atoms with E-state index in [1.165, 1.54) is 0 Å². The summed E-state index contributed by atoms with van der Waals surface area (Å²) < 4.78 is 18.1. The molecule has 20 heavy (non-hydrogen) atoms. The molecule has 0 bridgehead atoms. The Balaban J connectivity index is 3.25. The molecular weight excluding hydrogens is 336 g/mol. The van der Waals surface area contributed by atoms with E-state index in [1.807, 2.05) is 71.9 Å². The zero-order valence-electron chi connectivity index (χ0n) is 13.1. The maximum atomic E-state index is 6.24. The monoisotopic (exact) mass is 360 g/mol. The van der Waals surface area contributed by atoms with Gasteiger partial charge in [-0.25, -0.2) is 0 Å². The Labute approximate surface area is 132 Å². The molecule has 0 fully saturated rings. The molecule has 1 rings (SSSR count). The van der Waals surface area contributed by atoms with E-state index in [2.05, 4.69) is 15.9 Å². The molecule has 5 heteroatoms. The zero-order valence-corrected chi connectivity index (χ0v) is 15.7. The molecule has 1 aromatic carbocycles. The van der Waals surface area contributed by atoms with Crippen molar-refractivity contribution >= 4 is 29.9 Å². The van der Waals surface area contributed by atoms with Gasteiger partial charge in [-0.3, -0.25) is 0 Å². The van der Waals surface area contributed by atoms with Gasteiger partial charge in [-0.15, -0.1) is 0 Å². The van der Waals surface area contributed by atoms with Gasteiger partial charge in [0.15, 0.2) is 0 Å². The molecule has 0 aliphatic carbocycles. The highest BCUT2D eigenvalue weighted by Crippen LogP contribution is 2.27. The van der Waals surface area contributed by atoms with Crippen LogP contribution in [0.3, 0.4) is 0 Å². The van der Waals surface area contributed by atoms with Crippen LogP contribution in [0.2, 0.25) is 0 Å². The molecule has 0 heterocycles. The Hall–Kier alpha value is -0.203. The molecule has 0 radical (unpaired) electrons. The van der Waals surface area contributed by atoms with Crippen LogP contribution in [-0.2, 0) is 13.3 Å². The third-order valence-electron chi connectivity index (χ3n) is 2.29. The van der Waals surface area contributed by atoms with E-state index in [9.17, 15) is 0 Å². The van der Waals surface area contributed by atoms with Gasteiger partial charge in [0, 0.05) is 17.4 Å². The van der Waals surface area contributed by atoms with Gasteiger partial charge in [-0.2, -0.15) is 0 Å². The first-order chi connectivity index (χ1) is 9.15. The van der Waals surface area contributed by atoms with Crippen molar-refractivity contribution in [2.45, 2.75) is 58.3 Å². The van der Waals surface area contributed by atoms with Crippen molar-refractivity contribution in [3.63, 3.8) is 0 Å². The molecule has 0 spiro atoms. The van der Waals surface area contributed by atoms with Crippen LogP contribution in [0.25, 0.3) is 0 Å². The molecule has 0 saturated carbocycles. The minimum Gasteiger partial charge on any atom is -0.367 e. The fourth-order valence-electron chi connectivity index (χ4n) is 1.85. The average Bonchev–Trinajstić information content (AvgIpc) is 2.25.